The van der Waals surface area contributed by atoms with Gasteiger partial charge >= 0.3 is 0 Å². The van der Waals surface area contributed by atoms with E-state index < -0.39 is 10.0 Å². The summed E-state index contributed by atoms with van der Waals surface area (Å²) in [4.78, 5) is 2.57. The van der Waals surface area contributed by atoms with Crippen LogP contribution in [0.25, 0.3) is 0 Å². The summed E-state index contributed by atoms with van der Waals surface area (Å²) in [6.45, 7) is 4.32. The molecule has 1 saturated heterocycles. The third kappa shape index (κ3) is 3.37. The van der Waals surface area contributed by atoms with Crippen LogP contribution < -0.4 is 15.0 Å². The van der Waals surface area contributed by atoms with Crippen LogP contribution in [0.2, 0.25) is 0 Å². The minimum absolute atomic E-state index is 0.349. The van der Waals surface area contributed by atoms with Gasteiger partial charge in [-0.3, -0.25) is 0 Å². The Bertz CT molecular complexity index is 937. The summed E-state index contributed by atoms with van der Waals surface area (Å²) in [6.07, 6.45) is 0.861. The van der Waals surface area contributed by atoms with Crippen molar-refractivity contribution in [3.8, 4) is 5.75 Å². The van der Waals surface area contributed by atoms with Crippen LogP contribution in [-0.4, -0.2) is 52.1 Å². The zero-order valence-electron chi connectivity index (χ0n) is 15.7. The first-order valence-electron chi connectivity index (χ1n) is 9.26. The minimum atomic E-state index is -3.47. The lowest BCUT2D eigenvalue weighted by Crippen LogP contribution is -2.48. The molecule has 1 N–H and O–H groups in total. The molecule has 0 unspecified atom stereocenters. The number of piperazine rings is 1. The number of nitrogens with one attached hydrogen (secondary N) is 1. The first-order valence-corrected chi connectivity index (χ1v) is 10.7. The molecule has 0 radical (unpaired) electrons. The third-order valence-electron chi connectivity index (χ3n) is 5.31. The molecule has 27 heavy (non-hydrogen) atoms. The van der Waals surface area contributed by atoms with E-state index in [1.165, 1.54) is 0 Å². The summed E-state index contributed by atoms with van der Waals surface area (Å²) in [5, 5.41) is 3.36. The Morgan fingerprint density at radius 2 is 1.81 bits per heavy atom. The average Bonchev–Trinajstić information content (AvgIpc) is 3.07. The fraction of sp³-hybridized carbons (Fsp3) is 0.400. The molecule has 2 aliphatic heterocycles. The zero-order valence-corrected chi connectivity index (χ0v) is 16.5. The number of hydrogen-bond donors (Lipinski definition) is 1. The highest BCUT2D eigenvalue weighted by molar-refractivity contribution is 7.89. The van der Waals surface area contributed by atoms with Crippen LogP contribution in [0.5, 0.6) is 5.75 Å². The number of benzene rings is 2. The summed E-state index contributed by atoms with van der Waals surface area (Å²) >= 11 is 0. The molecule has 1 atom stereocenters. The molecule has 0 aliphatic carbocycles. The number of methoxy groups -OCH3 is 1. The lowest BCUT2D eigenvalue weighted by Gasteiger charge is -2.36. The molecule has 0 spiro atoms. The summed E-state index contributed by atoms with van der Waals surface area (Å²) in [7, 11) is -1.82. The molecule has 0 amide bonds. The van der Waals surface area contributed by atoms with Gasteiger partial charge in [0, 0.05) is 37.9 Å². The second-order valence-electron chi connectivity index (χ2n) is 7.13. The zero-order chi connectivity index (χ0) is 19.0. The van der Waals surface area contributed by atoms with Crippen LogP contribution in [0.3, 0.4) is 0 Å². The number of anilines is 2. The highest BCUT2D eigenvalue weighted by Gasteiger charge is 2.30. The van der Waals surface area contributed by atoms with Gasteiger partial charge in [0.1, 0.15) is 5.75 Å². The number of hydrogen-bond acceptors (Lipinski definition) is 5. The number of sulfonamides is 1. The van der Waals surface area contributed by atoms with Gasteiger partial charge in [-0.1, -0.05) is 12.1 Å². The van der Waals surface area contributed by atoms with Gasteiger partial charge in [-0.15, -0.1) is 0 Å². The Kier molecular flexibility index (Phi) is 4.74. The molecule has 2 aliphatic rings. The van der Waals surface area contributed by atoms with E-state index in [-0.39, 0.29) is 0 Å². The maximum atomic E-state index is 13.1. The standard InChI is InChI=1S/C20H25N3O3S/c1-15-13-16-14-17(7-8-18(16)21-15)27(24,25)23-11-9-22(10-12-23)19-5-3-4-6-20(19)26-2/h3-8,14-15,21H,9-13H2,1-2H3/t15-/m0/s1. The normalized spacial score (nSPS) is 20.2. The topological polar surface area (TPSA) is 61.9 Å². The molecule has 4 rings (SSSR count). The second kappa shape index (κ2) is 7.05. The van der Waals surface area contributed by atoms with Crippen molar-refractivity contribution >= 4 is 21.4 Å². The number of fused-ring (bicyclic) bond motifs is 1. The smallest absolute Gasteiger partial charge is 0.243 e. The Hall–Kier alpha value is -2.25. The fourth-order valence-electron chi connectivity index (χ4n) is 3.90. The molecule has 0 bridgehead atoms. The van der Waals surface area contributed by atoms with Gasteiger partial charge in [0.25, 0.3) is 0 Å². The number of rotatable bonds is 4. The predicted molar refractivity (Wildman–Crippen MR) is 107 cm³/mol. The van der Waals surface area contributed by atoms with Crippen LogP contribution in [0.1, 0.15) is 12.5 Å². The van der Waals surface area contributed by atoms with E-state index in [2.05, 4.69) is 17.1 Å². The molecule has 0 saturated carbocycles. The van der Waals surface area contributed by atoms with Crippen LogP contribution in [0, 0.1) is 0 Å². The Morgan fingerprint density at radius 1 is 1.07 bits per heavy atom. The van der Waals surface area contributed by atoms with E-state index in [1.54, 1.807) is 17.5 Å². The SMILES string of the molecule is COc1ccccc1N1CCN(S(=O)(=O)c2ccc3c(c2)C[C@H](C)N3)CC1. The minimum Gasteiger partial charge on any atom is -0.495 e. The quantitative estimate of drug-likeness (QED) is 0.874. The monoisotopic (exact) mass is 387 g/mol. The summed E-state index contributed by atoms with van der Waals surface area (Å²) in [5.74, 6) is 0.814. The molecular weight excluding hydrogens is 362 g/mol. The largest absolute Gasteiger partial charge is 0.495 e. The van der Waals surface area contributed by atoms with E-state index in [0.29, 0.717) is 37.1 Å². The molecule has 0 aromatic heterocycles. The molecule has 144 valence electrons. The number of nitrogens with zero attached hydrogens (tertiary/aromatic N) is 2. The van der Waals surface area contributed by atoms with Gasteiger partial charge < -0.3 is 15.0 Å². The molecule has 6 nitrogen and oxygen atoms in total. The van der Waals surface area contributed by atoms with Crippen molar-refractivity contribution in [1.82, 2.24) is 4.31 Å². The Labute approximate surface area is 160 Å². The molecule has 1 fully saturated rings. The van der Waals surface area contributed by atoms with Crippen molar-refractivity contribution in [2.24, 2.45) is 0 Å². The van der Waals surface area contributed by atoms with Gasteiger partial charge in [-0.25, -0.2) is 8.42 Å². The van der Waals surface area contributed by atoms with Gasteiger partial charge in [0.05, 0.1) is 17.7 Å². The highest BCUT2D eigenvalue weighted by Crippen LogP contribution is 2.31. The van der Waals surface area contributed by atoms with Crippen molar-refractivity contribution < 1.29 is 13.2 Å². The molecular formula is C20H25N3O3S. The summed E-state index contributed by atoms with van der Waals surface area (Å²) in [5.41, 5.74) is 3.13. The maximum absolute atomic E-state index is 13.1. The van der Waals surface area contributed by atoms with Crippen molar-refractivity contribution in [2.75, 3.05) is 43.5 Å². The van der Waals surface area contributed by atoms with E-state index in [4.69, 9.17) is 4.74 Å². The Balaban J connectivity index is 1.50. The third-order valence-corrected chi connectivity index (χ3v) is 7.20. The first kappa shape index (κ1) is 18.1. The molecule has 2 aromatic rings. The fourth-order valence-corrected chi connectivity index (χ4v) is 5.37. The van der Waals surface area contributed by atoms with E-state index >= 15 is 0 Å². The molecule has 7 heteroatoms. The summed E-state index contributed by atoms with van der Waals surface area (Å²) in [6, 6.07) is 13.6. The number of ether oxygens (including phenoxy) is 1. The van der Waals surface area contributed by atoms with Crippen molar-refractivity contribution in [3.05, 3.63) is 48.0 Å². The van der Waals surface area contributed by atoms with E-state index in [1.807, 2.05) is 36.4 Å². The highest BCUT2D eigenvalue weighted by atomic mass is 32.2. The molecule has 2 aromatic carbocycles. The van der Waals surface area contributed by atoms with Crippen LogP contribution in [0.15, 0.2) is 47.4 Å². The average molecular weight is 388 g/mol. The van der Waals surface area contributed by atoms with E-state index in [0.717, 1.165) is 29.1 Å². The Morgan fingerprint density at radius 3 is 2.56 bits per heavy atom. The van der Waals surface area contributed by atoms with Crippen molar-refractivity contribution in [3.63, 3.8) is 0 Å². The van der Waals surface area contributed by atoms with Crippen LogP contribution in [0.4, 0.5) is 11.4 Å². The second-order valence-corrected chi connectivity index (χ2v) is 9.07. The number of para-hydroxylation sites is 2. The maximum Gasteiger partial charge on any atom is 0.243 e. The van der Waals surface area contributed by atoms with E-state index in [9.17, 15) is 8.42 Å². The van der Waals surface area contributed by atoms with Crippen molar-refractivity contribution in [1.29, 1.82) is 0 Å². The van der Waals surface area contributed by atoms with Gasteiger partial charge in [0.2, 0.25) is 10.0 Å². The molecule has 2 heterocycles. The predicted octanol–water partition coefficient (Wildman–Crippen LogP) is 2.56. The lowest BCUT2D eigenvalue weighted by molar-refractivity contribution is 0.378. The summed E-state index contributed by atoms with van der Waals surface area (Å²) < 4.78 is 33.2. The lowest BCUT2D eigenvalue weighted by atomic mass is 10.1. The van der Waals surface area contributed by atoms with Gasteiger partial charge in [-0.05, 0) is 49.2 Å². The van der Waals surface area contributed by atoms with Crippen molar-refractivity contribution in [2.45, 2.75) is 24.3 Å². The van der Waals surface area contributed by atoms with Gasteiger partial charge in [0.15, 0.2) is 0 Å². The van der Waals surface area contributed by atoms with Crippen LogP contribution >= 0.6 is 0 Å². The first-order chi connectivity index (χ1) is 13.0. The van der Waals surface area contributed by atoms with Crippen LogP contribution in [-0.2, 0) is 16.4 Å². The van der Waals surface area contributed by atoms with Gasteiger partial charge in [-0.2, -0.15) is 4.31 Å².